The molecule has 2 aromatic carbocycles. The van der Waals surface area contributed by atoms with E-state index in [0.29, 0.717) is 13.2 Å². The lowest BCUT2D eigenvalue weighted by Crippen LogP contribution is -2.43. The minimum atomic E-state index is 0.114. The van der Waals surface area contributed by atoms with Gasteiger partial charge in [0.25, 0.3) is 5.91 Å². The molecule has 0 bridgehead atoms. The number of likely N-dealkylation sites (tertiary alicyclic amines) is 1. The minimum absolute atomic E-state index is 0.114. The standard InChI is InChI=1S/C21H25NO2/c1-16-7-5-10-18(13-16)21(23)22-12-6-11-20(14-22)24-15-19-9-4-3-8-17(19)2/h3-5,7-10,13,20H,6,11-12,14-15H2,1-2H3. The molecule has 0 spiro atoms. The molecule has 1 fully saturated rings. The van der Waals surface area contributed by atoms with Gasteiger partial charge in [-0.2, -0.15) is 0 Å². The van der Waals surface area contributed by atoms with Gasteiger partial charge >= 0.3 is 0 Å². The number of aryl methyl sites for hydroxylation is 2. The van der Waals surface area contributed by atoms with Crippen LogP contribution in [0.25, 0.3) is 0 Å². The Balaban J connectivity index is 1.60. The van der Waals surface area contributed by atoms with Crippen molar-refractivity contribution in [2.24, 2.45) is 0 Å². The molecule has 1 amide bonds. The summed E-state index contributed by atoms with van der Waals surface area (Å²) < 4.78 is 6.10. The van der Waals surface area contributed by atoms with Crippen LogP contribution in [0.5, 0.6) is 0 Å². The molecule has 0 aliphatic carbocycles. The maximum absolute atomic E-state index is 12.7. The van der Waals surface area contributed by atoms with Crippen LogP contribution < -0.4 is 0 Å². The third kappa shape index (κ3) is 4.04. The highest BCUT2D eigenvalue weighted by Gasteiger charge is 2.25. The molecule has 0 aromatic heterocycles. The lowest BCUT2D eigenvalue weighted by atomic mass is 10.1. The third-order valence-electron chi connectivity index (χ3n) is 4.67. The van der Waals surface area contributed by atoms with Crippen LogP contribution in [0.1, 0.15) is 39.9 Å². The molecule has 3 nitrogen and oxygen atoms in total. The minimum Gasteiger partial charge on any atom is -0.372 e. The summed E-state index contributed by atoms with van der Waals surface area (Å²) in [5.74, 6) is 0.114. The molecule has 1 heterocycles. The fourth-order valence-electron chi connectivity index (χ4n) is 3.20. The maximum Gasteiger partial charge on any atom is 0.253 e. The molecule has 0 N–H and O–H groups in total. The topological polar surface area (TPSA) is 29.5 Å². The van der Waals surface area contributed by atoms with Crippen molar-refractivity contribution < 1.29 is 9.53 Å². The fraction of sp³-hybridized carbons (Fsp3) is 0.381. The van der Waals surface area contributed by atoms with Gasteiger partial charge in [0, 0.05) is 18.7 Å². The van der Waals surface area contributed by atoms with Crippen LogP contribution >= 0.6 is 0 Å². The Hall–Kier alpha value is -2.13. The zero-order chi connectivity index (χ0) is 16.9. The zero-order valence-electron chi connectivity index (χ0n) is 14.5. The van der Waals surface area contributed by atoms with Crippen molar-refractivity contribution >= 4 is 5.91 Å². The molecule has 3 rings (SSSR count). The third-order valence-corrected chi connectivity index (χ3v) is 4.67. The first-order valence-electron chi connectivity index (χ1n) is 8.65. The van der Waals surface area contributed by atoms with Gasteiger partial charge in [0.1, 0.15) is 0 Å². The number of carbonyl (C=O) groups is 1. The van der Waals surface area contributed by atoms with Crippen molar-refractivity contribution in [1.82, 2.24) is 4.90 Å². The summed E-state index contributed by atoms with van der Waals surface area (Å²) in [6, 6.07) is 16.1. The monoisotopic (exact) mass is 323 g/mol. The number of rotatable bonds is 4. The van der Waals surface area contributed by atoms with Crippen LogP contribution in [0, 0.1) is 13.8 Å². The Kier molecular flexibility index (Phi) is 5.31. The summed E-state index contributed by atoms with van der Waals surface area (Å²) >= 11 is 0. The SMILES string of the molecule is Cc1cccc(C(=O)N2CCCC(OCc3ccccc3C)C2)c1. The van der Waals surface area contributed by atoms with Crippen molar-refractivity contribution in [2.75, 3.05) is 13.1 Å². The van der Waals surface area contributed by atoms with Crippen LogP contribution in [-0.4, -0.2) is 30.0 Å². The Morgan fingerprint density at radius 2 is 2.00 bits per heavy atom. The molecule has 0 radical (unpaired) electrons. The molecule has 1 aliphatic rings. The van der Waals surface area contributed by atoms with Gasteiger partial charge in [0.05, 0.1) is 12.7 Å². The van der Waals surface area contributed by atoms with Gasteiger partial charge in [-0.3, -0.25) is 4.79 Å². The number of hydrogen-bond acceptors (Lipinski definition) is 2. The Morgan fingerprint density at radius 3 is 2.79 bits per heavy atom. The summed E-state index contributed by atoms with van der Waals surface area (Å²) in [7, 11) is 0. The molecule has 1 atom stereocenters. The summed E-state index contributed by atoms with van der Waals surface area (Å²) in [6.07, 6.45) is 2.13. The highest BCUT2D eigenvalue weighted by Crippen LogP contribution is 2.19. The molecule has 3 heteroatoms. The molecular weight excluding hydrogens is 298 g/mol. The highest BCUT2D eigenvalue weighted by molar-refractivity contribution is 5.94. The molecular formula is C21H25NO2. The number of hydrogen-bond donors (Lipinski definition) is 0. The lowest BCUT2D eigenvalue weighted by Gasteiger charge is -2.33. The predicted octanol–water partition coefficient (Wildman–Crippen LogP) is 4.12. The summed E-state index contributed by atoms with van der Waals surface area (Å²) in [6.45, 7) is 6.23. The fourth-order valence-corrected chi connectivity index (χ4v) is 3.20. The summed E-state index contributed by atoms with van der Waals surface area (Å²) in [4.78, 5) is 14.6. The van der Waals surface area contributed by atoms with Crippen molar-refractivity contribution in [3.05, 3.63) is 70.8 Å². The highest BCUT2D eigenvalue weighted by atomic mass is 16.5. The van der Waals surface area contributed by atoms with E-state index in [4.69, 9.17) is 4.74 Å². The van der Waals surface area contributed by atoms with E-state index in [0.717, 1.165) is 30.5 Å². The van der Waals surface area contributed by atoms with Crippen LogP contribution in [0.15, 0.2) is 48.5 Å². The maximum atomic E-state index is 12.7. The first-order valence-corrected chi connectivity index (χ1v) is 8.65. The van der Waals surface area contributed by atoms with Gasteiger partial charge in [0.15, 0.2) is 0 Å². The average Bonchev–Trinajstić information content (AvgIpc) is 2.61. The van der Waals surface area contributed by atoms with E-state index in [1.807, 2.05) is 48.2 Å². The number of piperidine rings is 1. The number of benzene rings is 2. The summed E-state index contributed by atoms with van der Waals surface area (Å²) in [5.41, 5.74) is 4.36. The zero-order valence-corrected chi connectivity index (χ0v) is 14.5. The van der Waals surface area contributed by atoms with Gasteiger partial charge in [-0.1, -0.05) is 42.0 Å². The van der Waals surface area contributed by atoms with Crippen molar-refractivity contribution in [1.29, 1.82) is 0 Å². The van der Waals surface area contributed by atoms with E-state index in [-0.39, 0.29) is 12.0 Å². The van der Waals surface area contributed by atoms with E-state index in [9.17, 15) is 4.79 Å². The van der Waals surface area contributed by atoms with Gasteiger partial charge in [-0.25, -0.2) is 0 Å². The average molecular weight is 323 g/mol. The molecule has 1 aliphatic heterocycles. The smallest absolute Gasteiger partial charge is 0.253 e. The van der Waals surface area contributed by atoms with Gasteiger partial charge in [0.2, 0.25) is 0 Å². The lowest BCUT2D eigenvalue weighted by molar-refractivity contribution is -0.00688. The number of nitrogens with zero attached hydrogens (tertiary/aromatic N) is 1. The summed E-state index contributed by atoms with van der Waals surface area (Å²) in [5, 5.41) is 0. The number of carbonyl (C=O) groups excluding carboxylic acids is 1. The van der Waals surface area contributed by atoms with E-state index >= 15 is 0 Å². The van der Waals surface area contributed by atoms with Gasteiger partial charge in [-0.05, 0) is 49.9 Å². The van der Waals surface area contributed by atoms with Crippen LogP contribution in [0.2, 0.25) is 0 Å². The van der Waals surface area contributed by atoms with Gasteiger partial charge < -0.3 is 9.64 Å². The predicted molar refractivity (Wildman–Crippen MR) is 96.1 cm³/mol. The number of amides is 1. The second-order valence-electron chi connectivity index (χ2n) is 6.62. The number of ether oxygens (including phenoxy) is 1. The largest absolute Gasteiger partial charge is 0.372 e. The Morgan fingerprint density at radius 1 is 1.17 bits per heavy atom. The molecule has 24 heavy (non-hydrogen) atoms. The first kappa shape index (κ1) is 16.7. The van der Waals surface area contributed by atoms with Crippen LogP contribution in [0.3, 0.4) is 0 Å². The Labute approximate surface area is 144 Å². The molecule has 126 valence electrons. The molecule has 1 saturated heterocycles. The first-order chi connectivity index (χ1) is 11.6. The molecule has 0 saturated carbocycles. The Bertz CT molecular complexity index is 710. The van der Waals surface area contributed by atoms with E-state index in [2.05, 4.69) is 19.1 Å². The van der Waals surface area contributed by atoms with Crippen molar-refractivity contribution in [3.8, 4) is 0 Å². The van der Waals surface area contributed by atoms with Crippen molar-refractivity contribution in [3.63, 3.8) is 0 Å². The second kappa shape index (κ2) is 7.63. The molecule has 1 unspecified atom stereocenters. The van der Waals surface area contributed by atoms with Crippen LogP contribution in [0.4, 0.5) is 0 Å². The van der Waals surface area contributed by atoms with Crippen LogP contribution in [-0.2, 0) is 11.3 Å². The molecule has 2 aromatic rings. The van der Waals surface area contributed by atoms with E-state index < -0.39 is 0 Å². The quantitative estimate of drug-likeness (QED) is 0.847. The second-order valence-corrected chi connectivity index (χ2v) is 6.62. The van der Waals surface area contributed by atoms with Crippen molar-refractivity contribution in [2.45, 2.75) is 39.4 Å². The van der Waals surface area contributed by atoms with E-state index in [1.165, 1.54) is 11.1 Å². The van der Waals surface area contributed by atoms with Gasteiger partial charge in [-0.15, -0.1) is 0 Å². The normalized spacial score (nSPS) is 17.8. The van der Waals surface area contributed by atoms with E-state index in [1.54, 1.807) is 0 Å².